The van der Waals surface area contributed by atoms with Crippen LogP contribution in [0.5, 0.6) is 0 Å². The van der Waals surface area contributed by atoms with Crippen molar-refractivity contribution < 1.29 is 4.79 Å². The van der Waals surface area contributed by atoms with Crippen LogP contribution in [0.2, 0.25) is 0 Å². The molecule has 24 heavy (non-hydrogen) atoms. The van der Waals surface area contributed by atoms with Crippen LogP contribution in [0.3, 0.4) is 0 Å². The Morgan fingerprint density at radius 3 is 2.79 bits per heavy atom. The molecule has 2 heterocycles. The highest BCUT2D eigenvalue weighted by atomic mass is 16.2. The minimum atomic E-state index is -0.297. The third-order valence-corrected chi connectivity index (χ3v) is 3.80. The van der Waals surface area contributed by atoms with Crippen LogP contribution in [0.4, 0.5) is 0 Å². The Morgan fingerprint density at radius 1 is 1.33 bits per heavy atom. The first-order chi connectivity index (χ1) is 11.7. The molecule has 3 aromatic rings. The SMILES string of the molecule is CCC(Cn1ccnc1)NC(=O)c1cc(=O)n(-c2ccccc2)[nH]1. The highest BCUT2D eigenvalue weighted by Gasteiger charge is 2.16. The van der Waals surface area contributed by atoms with E-state index in [2.05, 4.69) is 15.4 Å². The van der Waals surface area contributed by atoms with E-state index in [0.29, 0.717) is 12.2 Å². The van der Waals surface area contributed by atoms with Crippen LogP contribution in [-0.4, -0.2) is 31.3 Å². The fraction of sp³-hybridized carbons (Fsp3) is 0.235. The molecule has 1 unspecified atom stereocenters. The first kappa shape index (κ1) is 15.8. The van der Waals surface area contributed by atoms with E-state index in [1.165, 1.54) is 10.7 Å². The molecule has 0 bridgehead atoms. The van der Waals surface area contributed by atoms with E-state index >= 15 is 0 Å². The number of hydrogen-bond acceptors (Lipinski definition) is 3. The maximum absolute atomic E-state index is 12.4. The molecule has 1 aromatic carbocycles. The zero-order valence-corrected chi connectivity index (χ0v) is 13.3. The Bertz CT molecular complexity index is 849. The summed E-state index contributed by atoms with van der Waals surface area (Å²) in [4.78, 5) is 28.5. The fourth-order valence-corrected chi connectivity index (χ4v) is 2.47. The summed E-state index contributed by atoms with van der Waals surface area (Å²) in [6.45, 7) is 2.63. The van der Waals surface area contributed by atoms with Gasteiger partial charge in [0.2, 0.25) is 0 Å². The zero-order chi connectivity index (χ0) is 16.9. The van der Waals surface area contributed by atoms with Crippen molar-refractivity contribution in [3.63, 3.8) is 0 Å². The lowest BCUT2D eigenvalue weighted by molar-refractivity contribution is 0.0926. The second-order valence-electron chi connectivity index (χ2n) is 5.52. The largest absolute Gasteiger partial charge is 0.346 e. The number of imidazole rings is 1. The highest BCUT2D eigenvalue weighted by molar-refractivity contribution is 5.92. The second-order valence-corrected chi connectivity index (χ2v) is 5.52. The summed E-state index contributed by atoms with van der Waals surface area (Å²) in [5.41, 5.74) is 0.661. The van der Waals surface area contributed by atoms with Gasteiger partial charge >= 0.3 is 0 Å². The van der Waals surface area contributed by atoms with Crippen LogP contribution in [0.1, 0.15) is 23.8 Å². The molecule has 0 aliphatic carbocycles. The van der Waals surface area contributed by atoms with Crippen LogP contribution in [0, 0.1) is 0 Å². The Balaban J connectivity index is 1.74. The Morgan fingerprint density at radius 2 is 2.12 bits per heavy atom. The normalized spacial score (nSPS) is 12.0. The number of carbonyl (C=O) groups excluding carboxylic acids is 1. The lowest BCUT2D eigenvalue weighted by atomic mass is 10.2. The van der Waals surface area contributed by atoms with Crippen LogP contribution < -0.4 is 10.9 Å². The van der Waals surface area contributed by atoms with Gasteiger partial charge in [0.1, 0.15) is 5.69 Å². The van der Waals surface area contributed by atoms with Gasteiger partial charge in [0.25, 0.3) is 11.5 Å². The molecule has 7 nitrogen and oxygen atoms in total. The van der Waals surface area contributed by atoms with Gasteiger partial charge in [0.05, 0.1) is 12.0 Å². The number of nitrogens with one attached hydrogen (secondary N) is 2. The molecular weight excluding hydrogens is 306 g/mol. The lowest BCUT2D eigenvalue weighted by Gasteiger charge is -2.16. The van der Waals surface area contributed by atoms with E-state index < -0.39 is 0 Å². The number of hydrogen-bond donors (Lipinski definition) is 2. The first-order valence-corrected chi connectivity index (χ1v) is 7.81. The van der Waals surface area contributed by atoms with Crippen LogP contribution >= 0.6 is 0 Å². The second kappa shape index (κ2) is 6.99. The molecule has 1 amide bonds. The van der Waals surface area contributed by atoms with Gasteiger partial charge in [0.15, 0.2) is 0 Å². The number of amides is 1. The number of carbonyl (C=O) groups is 1. The number of H-pyrrole nitrogens is 1. The van der Waals surface area contributed by atoms with Gasteiger partial charge in [-0.15, -0.1) is 0 Å². The van der Waals surface area contributed by atoms with Crippen molar-refractivity contribution in [1.82, 2.24) is 24.6 Å². The van der Waals surface area contributed by atoms with Gasteiger partial charge < -0.3 is 9.88 Å². The summed E-state index contributed by atoms with van der Waals surface area (Å²) in [7, 11) is 0. The van der Waals surface area contributed by atoms with Gasteiger partial charge in [-0.2, -0.15) is 0 Å². The van der Waals surface area contributed by atoms with Gasteiger partial charge in [-0.05, 0) is 18.6 Å². The van der Waals surface area contributed by atoms with Crippen LogP contribution in [-0.2, 0) is 6.54 Å². The van der Waals surface area contributed by atoms with Crippen molar-refractivity contribution in [2.24, 2.45) is 0 Å². The molecule has 1 atom stereocenters. The smallest absolute Gasteiger partial charge is 0.271 e. The van der Waals surface area contributed by atoms with Crippen molar-refractivity contribution in [1.29, 1.82) is 0 Å². The Hall–Kier alpha value is -3.09. The summed E-state index contributed by atoms with van der Waals surface area (Å²) in [5.74, 6) is -0.297. The lowest BCUT2D eigenvalue weighted by Crippen LogP contribution is -2.37. The van der Waals surface area contributed by atoms with E-state index in [1.807, 2.05) is 35.9 Å². The third-order valence-electron chi connectivity index (χ3n) is 3.80. The predicted octanol–water partition coefficient (Wildman–Crippen LogP) is 1.57. The van der Waals surface area contributed by atoms with Gasteiger partial charge in [0, 0.05) is 31.0 Å². The maximum atomic E-state index is 12.4. The molecule has 0 saturated heterocycles. The number of rotatable bonds is 6. The number of benzene rings is 1. The van der Waals surface area contributed by atoms with Crippen molar-refractivity contribution >= 4 is 5.91 Å². The van der Waals surface area contributed by atoms with Crippen molar-refractivity contribution in [3.8, 4) is 5.69 Å². The quantitative estimate of drug-likeness (QED) is 0.721. The molecular formula is C17H19N5O2. The van der Waals surface area contributed by atoms with E-state index in [9.17, 15) is 9.59 Å². The Kier molecular flexibility index (Phi) is 4.60. The molecule has 0 saturated carbocycles. The first-order valence-electron chi connectivity index (χ1n) is 7.81. The number of nitrogens with zero attached hydrogens (tertiary/aromatic N) is 3. The summed E-state index contributed by atoms with van der Waals surface area (Å²) >= 11 is 0. The summed E-state index contributed by atoms with van der Waals surface area (Å²) in [5, 5.41) is 5.80. The van der Waals surface area contributed by atoms with E-state index in [-0.39, 0.29) is 23.2 Å². The van der Waals surface area contributed by atoms with E-state index in [4.69, 9.17) is 0 Å². The molecule has 0 aliphatic heterocycles. The van der Waals surface area contributed by atoms with Gasteiger partial charge in [-0.3, -0.25) is 14.7 Å². The maximum Gasteiger partial charge on any atom is 0.271 e. The molecule has 2 N–H and O–H groups in total. The third kappa shape index (κ3) is 3.45. The number of aromatic amines is 1. The molecule has 2 aromatic heterocycles. The molecule has 124 valence electrons. The number of aromatic nitrogens is 4. The molecule has 7 heteroatoms. The highest BCUT2D eigenvalue weighted by Crippen LogP contribution is 2.04. The summed E-state index contributed by atoms with van der Waals surface area (Å²) < 4.78 is 3.26. The summed E-state index contributed by atoms with van der Waals surface area (Å²) in [6.07, 6.45) is 6.03. The minimum absolute atomic E-state index is 0.0460. The monoisotopic (exact) mass is 325 g/mol. The fourth-order valence-electron chi connectivity index (χ4n) is 2.47. The predicted molar refractivity (Wildman–Crippen MR) is 90.2 cm³/mol. The molecule has 0 radical (unpaired) electrons. The average molecular weight is 325 g/mol. The van der Waals surface area contributed by atoms with Crippen molar-refractivity contribution in [2.75, 3.05) is 0 Å². The van der Waals surface area contributed by atoms with E-state index in [1.54, 1.807) is 24.7 Å². The molecule has 0 spiro atoms. The van der Waals surface area contributed by atoms with Crippen molar-refractivity contribution in [2.45, 2.75) is 25.9 Å². The minimum Gasteiger partial charge on any atom is -0.346 e. The molecule has 3 rings (SSSR count). The van der Waals surface area contributed by atoms with Gasteiger partial charge in [-0.25, -0.2) is 9.67 Å². The standard InChI is InChI=1S/C17H19N5O2/c1-2-13(11-21-9-8-18-12-21)19-17(24)15-10-16(23)22(20-15)14-6-4-3-5-7-14/h3-10,12-13,20H,2,11H2,1H3,(H,19,24). The number of para-hydroxylation sites is 1. The zero-order valence-electron chi connectivity index (χ0n) is 13.3. The van der Waals surface area contributed by atoms with Gasteiger partial charge in [-0.1, -0.05) is 25.1 Å². The van der Waals surface area contributed by atoms with Crippen molar-refractivity contribution in [3.05, 3.63) is 71.2 Å². The average Bonchev–Trinajstić information content (AvgIpc) is 3.24. The Labute approximate surface area is 138 Å². The van der Waals surface area contributed by atoms with Crippen LogP contribution in [0.15, 0.2) is 59.9 Å². The molecule has 0 fully saturated rings. The van der Waals surface area contributed by atoms with E-state index in [0.717, 1.165) is 6.42 Å². The van der Waals surface area contributed by atoms with Crippen LogP contribution in [0.25, 0.3) is 5.69 Å². The topological polar surface area (TPSA) is 84.7 Å². The molecule has 0 aliphatic rings. The summed E-state index contributed by atoms with van der Waals surface area (Å²) in [6, 6.07) is 10.4.